The lowest BCUT2D eigenvalue weighted by Gasteiger charge is -2.35. The van der Waals surface area contributed by atoms with Gasteiger partial charge in [-0.1, -0.05) is 35.3 Å². The molecule has 1 aliphatic rings. The Hall–Kier alpha value is -2.15. The molecular weight excluding hydrogens is 415 g/mol. The van der Waals surface area contributed by atoms with Gasteiger partial charge in [-0.2, -0.15) is 0 Å². The van der Waals surface area contributed by atoms with Crippen LogP contribution >= 0.6 is 34.5 Å². The second-order valence-electron chi connectivity index (χ2n) is 6.46. The third kappa shape index (κ3) is 4.14. The van der Waals surface area contributed by atoms with Crippen molar-refractivity contribution in [2.75, 3.05) is 31.1 Å². The number of halogens is 2. The van der Waals surface area contributed by atoms with Crippen LogP contribution in [0, 0.1) is 0 Å². The number of hydrogen-bond donors (Lipinski definition) is 0. The van der Waals surface area contributed by atoms with Crippen LogP contribution in [0.4, 0.5) is 5.82 Å². The van der Waals surface area contributed by atoms with Gasteiger partial charge in [-0.05, 0) is 24.3 Å². The summed E-state index contributed by atoms with van der Waals surface area (Å²) in [7, 11) is 0. The topological polar surface area (TPSA) is 49.3 Å². The Morgan fingerprint density at radius 3 is 2.43 bits per heavy atom. The number of thiazole rings is 1. The third-order valence-electron chi connectivity index (χ3n) is 4.66. The molecule has 1 aromatic carbocycles. The molecule has 0 aliphatic carbocycles. The van der Waals surface area contributed by atoms with E-state index in [1.165, 1.54) is 11.3 Å². The van der Waals surface area contributed by atoms with Gasteiger partial charge >= 0.3 is 0 Å². The smallest absolute Gasteiger partial charge is 0.228 e. The van der Waals surface area contributed by atoms with Crippen molar-refractivity contribution in [2.45, 2.75) is 6.42 Å². The second kappa shape index (κ2) is 8.47. The van der Waals surface area contributed by atoms with Crippen molar-refractivity contribution in [3.8, 4) is 10.6 Å². The van der Waals surface area contributed by atoms with Crippen LogP contribution in [-0.4, -0.2) is 47.0 Å². The summed E-state index contributed by atoms with van der Waals surface area (Å²) >= 11 is 14.0. The van der Waals surface area contributed by atoms with Gasteiger partial charge in [-0.3, -0.25) is 4.79 Å². The number of carbonyl (C=O) groups excluding carboxylic acids is 1. The van der Waals surface area contributed by atoms with Gasteiger partial charge in [-0.25, -0.2) is 9.97 Å². The van der Waals surface area contributed by atoms with E-state index < -0.39 is 0 Å². The minimum Gasteiger partial charge on any atom is -0.353 e. The molecule has 0 unspecified atom stereocenters. The summed E-state index contributed by atoms with van der Waals surface area (Å²) in [4.78, 5) is 26.5. The normalized spacial score (nSPS) is 14.4. The first-order chi connectivity index (χ1) is 13.6. The van der Waals surface area contributed by atoms with Crippen LogP contribution in [0.5, 0.6) is 0 Å². The van der Waals surface area contributed by atoms with E-state index in [-0.39, 0.29) is 5.91 Å². The monoisotopic (exact) mass is 432 g/mol. The Balaban J connectivity index is 1.38. The molecule has 4 rings (SSSR count). The molecule has 0 saturated carbocycles. The number of amides is 1. The number of benzene rings is 1. The minimum absolute atomic E-state index is 0.112. The van der Waals surface area contributed by atoms with Crippen molar-refractivity contribution < 1.29 is 4.79 Å². The Kier molecular flexibility index (Phi) is 5.80. The van der Waals surface area contributed by atoms with E-state index in [0.717, 1.165) is 34.4 Å². The van der Waals surface area contributed by atoms with E-state index in [4.69, 9.17) is 23.2 Å². The van der Waals surface area contributed by atoms with Gasteiger partial charge in [0.25, 0.3) is 0 Å². The van der Waals surface area contributed by atoms with Gasteiger partial charge in [0.1, 0.15) is 10.8 Å². The molecule has 8 heteroatoms. The molecule has 1 saturated heterocycles. The highest BCUT2D eigenvalue weighted by molar-refractivity contribution is 7.15. The lowest BCUT2D eigenvalue weighted by Crippen LogP contribution is -2.49. The first-order valence-corrected chi connectivity index (χ1v) is 10.5. The standard InChI is InChI=1S/C20H18Cl2N4OS/c21-15-4-3-5-16(22)19(15)20-24-13-14(28-20)12-18(27)26-10-8-25(9-11-26)17-6-1-2-7-23-17/h1-7,13H,8-12H2. The van der Waals surface area contributed by atoms with Crippen molar-refractivity contribution in [1.82, 2.24) is 14.9 Å². The number of rotatable bonds is 4. The number of pyridine rings is 1. The molecule has 0 spiro atoms. The van der Waals surface area contributed by atoms with Gasteiger partial charge < -0.3 is 9.80 Å². The third-order valence-corrected chi connectivity index (χ3v) is 6.31. The molecule has 0 N–H and O–H groups in total. The Morgan fingerprint density at radius 1 is 1.00 bits per heavy atom. The molecule has 1 amide bonds. The molecule has 0 radical (unpaired) electrons. The van der Waals surface area contributed by atoms with Crippen LogP contribution in [0.1, 0.15) is 4.88 Å². The van der Waals surface area contributed by atoms with Gasteiger partial charge in [0.05, 0.1) is 16.5 Å². The van der Waals surface area contributed by atoms with E-state index in [9.17, 15) is 4.79 Å². The molecule has 5 nitrogen and oxygen atoms in total. The molecule has 3 aromatic rings. The molecule has 0 bridgehead atoms. The fraction of sp³-hybridized carbons (Fsp3) is 0.250. The number of piperazine rings is 1. The average molecular weight is 433 g/mol. The Morgan fingerprint density at radius 2 is 1.75 bits per heavy atom. The van der Waals surface area contributed by atoms with Crippen molar-refractivity contribution >= 4 is 46.3 Å². The fourth-order valence-corrected chi connectivity index (χ4v) is 4.86. The largest absolute Gasteiger partial charge is 0.353 e. The summed E-state index contributed by atoms with van der Waals surface area (Å²) in [6, 6.07) is 11.3. The van der Waals surface area contributed by atoms with Gasteiger partial charge in [0.2, 0.25) is 5.91 Å². The zero-order valence-electron chi connectivity index (χ0n) is 15.0. The maximum atomic E-state index is 12.7. The average Bonchev–Trinajstić information content (AvgIpc) is 3.16. The van der Waals surface area contributed by atoms with E-state index in [0.29, 0.717) is 29.6 Å². The van der Waals surface area contributed by atoms with Crippen molar-refractivity contribution in [3.05, 3.63) is 63.7 Å². The highest BCUT2D eigenvalue weighted by Crippen LogP contribution is 2.36. The van der Waals surface area contributed by atoms with Crippen LogP contribution in [0.3, 0.4) is 0 Å². The molecule has 0 atom stereocenters. The quantitative estimate of drug-likeness (QED) is 0.612. The van der Waals surface area contributed by atoms with Crippen LogP contribution < -0.4 is 4.90 Å². The Bertz CT molecular complexity index is 951. The van der Waals surface area contributed by atoms with Crippen molar-refractivity contribution in [3.63, 3.8) is 0 Å². The zero-order chi connectivity index (χ0) is 19.5. The van der Waals surface area contributed by atoms with Crippen LogP contribution in [0.15, 0.2) is 48.8 Å². The predicted octanol–water partition coefficient (Wildman–Crippen LogP) is 4.40. The number of nitrogens with zero attached hydrogens (tertiary/aromatic N) is 4. The van der Waals surface area contributed by atoms with Gasteiger partial charge in [-0.15, -0.1) is 11.3 Å². The summed E-state index contributed by atoms with van der Waals surface area (Å²) in [5.41, 5.74) is 0.721. The molecule has 144 valence electrons. The van der Waals surface area contributed by atoms with Crippen LogP contribution in [0.2, 0.25) is 10.0 Å². The number of aromatic nitrogens is 2. The SMILES string of the molecule is O=C(Cc1cnc(-c2c(Cl)cccc2Cl)s1)N1CCN(c2ccccn2)CC1. The van der Waals surface area contributed by atoms with Crippen LogP contribution in [-0.2, 0) is 11.2 Å². The van der Waals surface area contributed by atoms with Crippen molar-refractivity contribution in [2.24, 2.45) is 0 Å². The first kappa shape index (κ1) is 19.2. The molecule has 1 fully saturated rings. The van der Waals surface area contributed by atoms with E-state index in [2.05, 4.69) is 14.9 Å². The minimum atomic E-state index is 0.112. The van der Waals surface area contributed by atoms with Crippen LogP contribution in [0.25, 0.3) is 10.6 Å². The van der Waals surface area contributed by atoms with E-state index >= 15 is 0 Å². The highest BCUT2D eigenvalue weighted by Gasteiger charge is 2.23. The molecular formula is C20H18Cl2N4OS. The summed E-state index contributed by atoms with van der Waals surface area (Å²) in [5.74, 6) is 1.07. The van der Waals surface area contributed by atoms with Gasteiger partial charge in [0.15, 0.2) is 0 Å². The maximum absolute atomic E-state index is 12.7. The predicted molar refractivity (Wildman–Crippen MR) is 114 cm³/mol. The second-order valence-corrected chi connectivity index (χ2v) is 8.39. The lowest BCUT2D eigenvalue weighted by molar-refractivity contribution is -0.130. The van der Waals surface area contributed by atoms with Gasteiger partial charge in [0, 0.05) is 49.0 Å². The summed E-state index contributed by atoms with van der Waals surface area (Å²) in [6.07, 6.45) is 3.87. The van der Waals surface area contributed by atoms with E-state index in [1.54, 1.807) is 30.6 Å². The van der Waals surface area contributed by atoms with E-state index in [1.807, 2.05) is 23.1 Å². The molecule has 2 aromatic heterocycles. The lowest BCUT2D eigenvalue weighted by atomic mass is 10.2. The molecule has 3 heterocycles. The summed E-state index contributed by atoms with van der Waals surface area (Å²) < 4.78 is 0. The first-order valence-electron chi connectivity index (χ1n) is 8.94. The number of carbonyl (C=O) groups is 1. The summed E-state index contributed by atoms with van der Waals surface area (Å²) in [6.45, 7) is 2.95. The van der Waals surface area contributed by atoms with Crippen molar-refractivity contribution in [1.29, 1.82) is 0 Å². The zero-order valence-corrected chi connectivity index (χ0v) is 17.3. The fourth-order valence-electron chi connectivity index (χ4n) is 3.19. The summed E-state index contributed by atoms with van der Waals surface area (Å²) in [5, 5.41) is 1.86. The molecule has 28 heavy (non-hydrogen) atoms. The highest BCUT2D eigenvalue weighted by atomic mass is 35.5. The number of anilines is 1. The number of hydrogen-bond acceptors (Lipinski definition) is 5. The Labute approximate surface area is 177 Å². The molecule has 1 aliphatic heterocycles. The maximum Gasteiger partial charge on any atom is 0.228 e.